The molecule has 0 bridgehead atoms. The molecule has 1 amide bonds. The predicted octanol–water partition coefficient (Wildman–Crippen LogP) is 3.02. The van der Waals surface area contributed by atoms with Gasteiger partial charge in [-0.2, -0.15) is 5.10 Å². The molecule has 2 saturated heterocycles. The maximum atomic E-state index is 13.6. The average Bonchev–Trinajstić information content (AvgIpc) is 3.33. The van der Waals surface area contributed by atoms with Gasteiger partial charge in [0.15, 0.2) is 0 Å². The fourth-order valence-corrected chi connectivity index (χ4v) is 4.14. The largest absolute Gasteiger partial charge is 0.342 e. The lowest BCUT2D eigenvalue weighted by Crippen LogP contribution is -2.43. The minimum Gasteiger partial charge on any atom is -0.342 e. The topological polar surface area (TPSA) is 52.2 Å². The highest BCUT2D eigenvalue weighted by Crippen LogP contribution is 2.34. The van der Waals surface area contributed by atoms with Crippen molar-refractivity contribution in [2.24, 2.45) is 0 Å². The summed E-state index contributed by atoms with van der Waals surface area (Å²) in [6, 6.07) is 6.63. The first-order valence-electron chi connectivity index (χ1n) is 9.50. The lowest BCUT2D eigenvalue weighted by Gasteiger charge is -2.33. The SMILES string of the molecule is O=C(CN1CCCC1)N1CCC(c2[nH]ncc2-c2cccc(F)c2)CC1. The minimum atomic E-state index is -0.239. The second-order valence-electron chi connectivity index (χ2n) is 7.35. The Bertz CT molecular complexity index is 761. The van der Waals surface area contributed by atoms with Crippen molar-refractivity contribution in [3.63, 3.8) is 0 Å². The predicted molar refractivity (Wildman–Crippen MR) is 98.2 cm³/mol. The highest BCUT2D eigenvalue weighted by Gasteiger charge is 2.28. The van der Waals surface area contributed by atoms with Crippen molar-refractivity contribution >= 4 is 5.91 Å². The Morgan fingerprint density at radius 3 is 2.69 bits per heavy atom. The van der Waals surface area contributed by atoms with Gasteiger partial charge in [-0.05, 0) is 56.5 Å². The third kappa shape index (κ3) is 3.65. The number of piperidine rings is 1. The molecule has 1 aromatic carbocycles. The van der Waals surface area contributed by atoms with Gasteiger partial charge in [0.25, 0.3) is 0 Å². The first-order chi connectivity index (χ1) is 12.7. The van der Waals surface area contributed by atoms with Crippen LogP contribution in [0.25, 0.3) is 11.1 Å². The number of likely N-dealkylation sites (tertiary alicyclic amines) is 2. The van der Waals surface area contributed by atoms with Gasteiger partial charge in [0.05, 0.1) is 12.7 Å². The van der Waals surface area contributed by atoms with E-state index in [0.29, 0.717) is 12.5 Å². The van der Waals surface area contributed by atoms with E-state index in [0.717, 1.165) is 55.8 Å². The first kappa shape index (κ1) is 17.2. The van der Waals surface area contributed by atoms with E-state index in [1.807, 2.05) is 11.0 Å². The van der Waals surface area contributed by atoms with Crippen LogP contribution >= 0.6 is 0 Å². The number of rotatable bonds is 4. The number of H-pyrrole nitrogens is 1. The molecule has 26 heavy (non-hydrogen) atoms. The minimum absolute atomic E-state index is 0.239. The Balaban J connectivity index is 1.39. The van der Waals surface area contributed by atoms with Crippen LogP contribution in [0, 0.1) is 5.82 Å². The van der Waals surface area contributed by atoms with Gasteiger partial charge in [0.2, 0.25) is 5.91 Å². The van der Waals surface area contributed by atoms with Crippen LogP contribution in [0.15, 0.2) is 30.5 Å². The molecule has 6 heteroatoms. The normalized spacial score (nSPS) is 19.2. The summed E-state index contributed by atoms with van der Waals surface area (Å²) in [7, 11) is 0. The number of aromatic nitrogens is 2. The van der Waals surface area contributed by atoms with Crippen molar-refractivity contribution in [2.75, 3.05) is 32.7 Å². The van der Waals surface area contributed by atoms with Crippen LogP contribution < -0.4 is 0 Å². The molecule has 0 atom stereocenters. The summed E-state index contributed by atoms with van der Waals surface area (Å²) in [5, 5.41) is 7.30. The Labute approximate surface area is 153 Å². The Kier molecular flexibility index (Phi) is 5.02. The highest BCUT2D eigenvalue weighted by molar-refractivity contribution is 5.78. The molecule has 0 saturated carbocycles. The molecule has 0 radical (unpaired) electrons. The van der Waals surface area contributed by atoms with E-state index in [1.54, 1.807) is 18.3 Å². The maximum Gasteiger partial charge on any atom is 0.236 e. The number of halogens is 1. The van der Waals surface area contributed by atoms with Crippen molar-refractivity contribution in [1.29, 1.82) is 0 Å². The van der Waals surface area contributed by atoms with Crippen LogP contribution in [0.3, 0.4) is 0 Å². The van der Waals surface area contributed by atoms with Crippen LogP contribution in [-0.2, 0) is 4.79 Å². The molecule has 1 N–H and O–H groups in total. The molecule has 138 valence electrons. The van der Waals surface area contributed by atoms with Crippen molar-refractivity contribution in [2.45, 2.75) is 31.6 Å². The van der Waals surface area contributed by atoms with Gasteiger partial charge < -0.3 is 4.90 Å². The summed E-state index contributed by atoms with van der Waals surface area (Å²) < 4.78 is 13.6. The molecule has 4 rings (SSSR count). The fourth-order valence-electron chi connectivity index (χ4n) is 4.14. The van der Waals surface area contributed by atoms with E-state index >= 15 is 0 Å². The Morgan fingerprint density at radius 2 is 1.96 bits per heavy atom. The number of carbonyl (C=O) groups excluding carboxylic acids is 1. The number of benzene rings is 1. The summed E-state index contributed by atoms with van der Waals surface area (Å²) in [5.41, 5.74) is 2.87. The second kappa shape index (κ2) is 7.58. The van der Waals surface area contributed by atoms with Gasteiger partial charge in [0.1, 0.15) is 5.82 Å². The van der Waals surface area contributed by atoms with Crippen LogP contribution in [0.4, 0.5) is 4.39 Å². The smallest absolute Gasteiger partial charge is 0.236 e. The van der Waals surface area contributed by atoms with E-state index in [9.17, 15) is 9.18 Å². The van der Waals surface area contributed by atoms with Crippen molar-refractivity contribution < 1.29 is 9.18 Å². The number of hydrogen-bond donors (Lipinski definition) is 1. The van der Waals surface area contributed by atoms with Crippen LogP contribution in [0.5, 0.6) is 0 Å². The monoisotopic (exact) mass is 356 g/mol. The maximum absolute atomic E-state index is 13.6. The van der Waals surface area contributed by atoms with E-state index in [2.05, 4.69) is 15.1 Å². The van der Waals surface area contributed by atoms with Gasteiger partial charge in [0, 0.05) is 30.3 Å². The highest BCUT2D eigenvalue weighted by atomic mass is 19.1. The summed E-state index contributed by atoms with van der Waals surface area (Å²) in [5.74, 6) is 0.337. The summed E-state index contributed by atoms with van der Waals surface area (Å²) in [6.45, 7) is 4.21. The van der Waals surface area contributed by atoms with Gasteiger partial charge in [-0.15, -0.1) is 0 Å². The zero-order valence-electron chi connectivity index (χ0n) is 15.0. The van der Waals surface area contributed by atoms with Gasteiger partial charge in [-0.25, -0.2) is 4.39 Å². The molecular weight excluding hydrogens is 331 g/mol. The van der Waals surface area contributed by atoms with Crippen molar-refractivity contribution in [3.05, 3.63) is 42.0 Å². The zero-order valence-corrected chi connectivity index (χ0v) is 15.0. The van der Waals surface area contributed by atoms with Gasteiger partial charge in [-0.3, -0.25) is 14.8 Å². The number of nitrogens with one attached hydrogen (secondary N) is 1. The van der Waals surface area contributed by atoms with Crippen LogP contribution in [0.1, 0.15) is 37.3 Å². The third-order valence-electron chi connectivity index (χ3n) is 5.62. The summed E-state index contributed by atoms with van der Waals surface area (Å²) >= 11 is 0. The molecule has 2 fully saturated rings. The molecule has 1 aromatic heterocycles. The van der Waals surface area contributed by atoms with E-state index in [1.165, 1.54) is 18.9 Å². The van der Waals surface area contributed by atoms with E-state index < -0.39 is 0 Å². The molecular formula is C20H25FN4O. The molecule has 2 aliphatic heterocycles. The molecule has 2 aromatic rings. The van der Waals surface area contributed by atoms with Crippen molar-refractivity contribution in [3.8, 4) is 11.1 Å². The second-order valence-corrected chi connectivity index (χ2v) is 7.35. The van der Waals surface area contributed by atoms with E-state index in [-0.39, 0.29) is 11.7 Å². The molecule has 5 nitrogen and oxygen atoms in total. The van der Waals surface area contributed by atoms with Crippen LogP contribution in [-0.4, -0.2) is 58.6 Å². The lowest BCUT2D eigenvalue weighted by atomic mass is 9.89. The lowest BCUT2D eigenvalue weighted by molar-refractivity contribution is -0.133. The molecule has 3 heterocycles. The summed E-state index contributed by atoms with van der Waals surface area (Å²) in [4.78, 5) is 16.7. The number of amides is 1. The molecule has 0 unspecified atom stereocenters. The number of carbonyl (C=O) groups is 1. The standard InChI is InChI=1S/C20H25FN4O/c21-17-5-3-4-16(12-17)18-13-22-23-20(18)15-6-10-25(11-7-15)19(26)14-24-8-1-2-9-24/h3-5,12-13,15H,1-2,6-11,14H2,(H,22,23). The van der Waals surface area contributed by atoms with Gasteiger partial charge >= 0.3 is 0 Å². The average molecular weight is 356 g/mol. The molecule has 2 aliphatic rings. The fraction of sp³-hybridized carbons (Fsp3) is 0.500. The van der Waals surface area contributed by atoms with E-state index in [4.69, 9.17) is 0 Å². The first-order valence-corrected chi connectivity index (χ1v) is 9.50. The Hall–Kier alpha value is -2.21. The summed E-state index contributed by atoms with van der Waals surface area (Å²) in [6.07, 6.45) is 6.01. The zero-order chi connectivity index (χ0) is 17.9. The quantitative estimate of drug-likeness (QED) is 0.916. The van der Waals surface area contributed by atoms with Crippen molar-refractivity contribution in [1.82, 2.24) is 20.0 Å². The van der Waals surface area contributed by atoms with Gasteiger partial charge in [-0.1, -0.05) is 12.1 Å². The third-order valence-corrected chi connectivity index (χ3v) is 5.62. The van der Waals surface area contributed by atoms with Crippen LogP contribution in [0.2, 0.25) is 0 Å². The molecule has 0 aliphatic carbocycles. The Morgan fingerprint density at radius 1 is 1.19 bits per heavy atom. The number of nitrogens with zero attached hydrogens (tertiary/aromatic N) is 3. The number of aromatic amines is 1. The molecule has 0 spiro atoms. The number of hydrogen-bond acceptors (Lipinski definition) is 3.